The summed E-state index contributed by atoms with van der Waals surface area (Å²) in [6.07, 6.45) is 0. The van der Waals surface area contributed by atoms with Crippen molar-refractivity contribution in [2.75, 3.05) is 0 Å². The van der Waals surface area contributed by atoms with Crippen molar-refractivity contribution >= 4 is 5.78 Å². The van der Waals surface area contributed by atoms with E-state index in [1.807, 2.05) is 13.0 Å². The molecule has 0 saturated carbocycles. The minimum Gasteiger partial charge on any atom is -0.483 e. The van der Waals surface area contributed by atoms with Crippen molar-refractivity contribution in [3.63, 3.8) is 0 Å². The number of aromatic nitrogens is 2. The molecule has 0 atom stereocenters. The van der Waals surface area contributed by atoms with E-state index in [1.165, 1.54) is 6.92 Å². The molecule has 1 aromatic heterocycles. The molecule has 1 heterocycles. The Hall–Kier alpha value is -2.17. The average molecular weight is 246 g/mol. The zero-order valence-corrected chi connectivity index (χ0v) is 10.6. The summed E-state index contributed by atoms with van der Waals surface area (Å²) in [5, 5.41) is 3.67. The van der Waals surface area contributed by atoms with E-state index in [0.717, 1.165) is 5.56 Å². The van der Waals surface area contributed by atoms with Crippen molar-refractivity contribution < 1.29 is 14.1 Å². The Morgan fingerprint density at radius 2 is 2.17 bits per heavy atom. The van der Waals surface area contributed by atoms with Gasteiger partial charge in [0.1, 0.15) is 5.75 Å². The van der Waals surface area contributed by atoms with E-state index in [4.69, 9.17) is 9.26 Å². The molecular weight excluding hydrogens is 232 g/mol. The van der Waals surface area contributed by atoms with Gasteiger partial charge in [0.25, 0.3) is 5.89 Å². The minimum atomic E-state index is -0.0320. The number of Topliss-reactive ketones (excluding diaryl/α,β-unsaturated/α-hetero) is 1. The van der Waals surface area contributed by atoms with E-state index in [9.17, 15) is 4.79 Å². The van der Waals surface area contributed by atoms with Gasteiger partial charge in [0.05, 0.1) is 5.56 Å². The quantitative estimate of drug-likeness (QED) is 0.775. The lowest BCUT2D eigenvalue weighted by Crippen LogP contribution is -2.02. The van der Waals surface area contributed by atoms with Crippen molar-refractivity contribution in [1.29, 1.82) is 0 Å². The summed E-state index contributed by atoms with van der Waals surface area (Å²) in [4.78, 5) is 15.5. The third-order valence-electron chi connectivity index (χ3n) is 2.44. The SMILES string of the molecule is CC(=O)c1cc(C)ccc1OCc1nc(C)no1. The van der Waals surface area contributed by atoms with Crippen LogP contribution in [0.3, 0.4) is 0 Å². The smallest absolute Gasteiger partial charge is 0.264 e. The summed E-state index contributed by atoms with van der Waals surface area (Å²) in [6.45, 7) is 5.33. The summed E-state index contributed by atoms with van der Waals surface area (Å²) in [6, 6.07) is 5.47. The van der Waals surface area contributed by atoms with Crippen LogP contribution in [0.1, 0.15) is 34.6 Å². The molecule has 2 rings (SSSR count). The molecule has 0 radical (unpaired) electrons. The molecule has 0 amide bonds. The predicted molar refractivity (Wildman–Crippen MR) is 64.6 cm³/mol. The fourth-order valence-electron chi connectivity index (χ4n) is 1.58. The van der Waals surface area contributed by atoms with Crippen molar-refractivity contribution in [2.24, 2.45) is 0 Å². The van der Waals surface area contributed by atoms with Gasteiger partial charge >= 0.3 is 0 Å². The first-order valence-corrected chi connectivity index (χ1v) is 5.60. The van der Waals surface area contributed by atoms with Crippen LogP contribution in [0, 0.1) is 13.8 Å². The number of hydrogen-bond donors (Lipinski definition) is 0. The number of rotatable bonds is 4. The number of benzene rings is 1. The summed E-state index contributed by atoms with van der Waals surface area (Å²) >= 11 is 0. The number of ketones is 1. The van der Waals surface area contributed by atoms with Crippen LogP contribution in [-0.4, -0.2) is 15.9 Å². The highest BCUT2D eigenvalue weighted by Gasteiger charge is 2.10. The Morgan fingerprint density at radius 3 is 2.78 bits per heavy atom. The van der Waals surface area contributed by atoms with Gasteiger partial charge in [-0.25, -0.2) is 0 Å². The molecule has 0 fully saturated rings. The summed E-state index contributed by atoms with van der Waals surface area (Å²) < 4.78 is 10.5. The van der Waals surface area contributed by atoms with E-state index < -0.39 is 0 Å². The lowest BCUT2D eigenvalue weighted by atomic mass is 10.1. The Labute approximate surface area is 105 Å². The van der Waals surface area contributed by atoms with E-state index in [2.05, 4.69) is 10.1 Å². The Kier molecular flexibility index (Phi) is 3.41. The van der Waals surface area contributed by atoms with Crippen molar-refractivity contribution in [3.05, 3.63) is 41.0 Å². The second-order valence-electron chi connectivity index (χ2n) is 4.08. The van der Waals surface area contributed by atoms with E-state index >= 15 is 0 Å². The average Bonchev–Trinajstić information content (AvgIpc) is 2.73. The van der Waals surface area contributed by atoms with E-state index in [1.54, 1.807) is 19.1 Å². The lowest BCUT2D eigenvalue weighted by Gasteiger charge is -2.08. The number of ether oxygens (including phenoxy) is 1. The molecule has 0 unspecified atom stereocenters. The molecule has 2 aromatic rings. The molecule has 0 aliphatic heterocycles. The second kappa shape index (κ2) is 5.00. The number of aryl methyl sites for hydroxylation is 2. The summed E-state index contributed by atoms with van der Waals surface area (Å²) in [5.41, 5.74) is 1.58. The van der Waals surface area contributed by atoms with Gasteiger partial charge in [-0.3, -0.25) is 4.79 Å². The number of nitrogens with zero attached hydrogens (tertiary/aromatic N) is 2. The van der Waals surface area contributed by atoms with E-state index in [-0.39, 0.29) is 12.4 Å². The molecule has 0 spiro atoms. The van der Waals surface area contributed by atoms with Gasteiger partial charge in [-0.2, -0.15) is 4.98 Å². The molecule has 0 bridgehead atoms. The van der Waals surface area contributed by atoms with Crippen molar-refractivity contribution in [3.8, 4) is 5.75 Å². The third kappa shape index (κ3) is 2.74. The van der Waals surface area contributed by atoms with Crippen LogP contribution in [0.25, 0.3) is 0 Å². The molecule has 94 valence electrons. The number of hydrogen-bond acceptors (Lipinski definition) is 5. The van der Waals surface area contributed by atoms with Gasteiger partial charge in [0.2, 0.25) is 0 Å². The van der Waals surface area contributed by atoms with Gasteiger partial charge in [-0.1, -0.05) is 16.8 Å². The monoisotopic (exact) mass is 246 g/mol. The molecule has 5 heteroatoms. The highest BCUT2D eigenvalue weighted by Crippen LogP contribution is 2.21. The third-order valence-corrected chi connectivity index (χ3v) is 2.44. The fraction of sp³-hybridized carbons (Fsp3) is 0.308. The standard InChI is InChI=1S/C13H14N2O3/c1-8-4-5-12(11(6-8)9(2)16)17-7-13-14-10(3)15-18-13/h4-6H,7H2,1-3H3. The van der Waals surface area contributed by atoms with Crippen molar-refractivity contribution in [1.82, 2.24) is 10.1 Å². The molecule has 1 aromatic carbocycles. The molecule has 5 nitrogen and oxygen atoms in total. The highest BCUT2D eigenvalue weighted by molar-refractivity contribution is 5.97. The van der Waals surface area contributed by atoms with Gasteiger partial charge in [0.15, 0.2) is 18.2 Å². The van der Waals surface area contributed by atoms with E-state index in [0.29, 0.717) is 23.0 Å². The zero-order chi connectivity index (χ0) is 13.1. The van der Waals surface area contributed by atoms with Gasteiger partial charge in [0, 0.05) is 0 Å². The van der Waals surface area contributed by atoms with Crippen LogP contribution in [0.4, 0.5) is 0 Å². The summed E-state index contributed by atoms with van der Waals surface area (Å²) in [5.74, 6) is 1.45. The minimum absolute atomic E-state index is 0.0320. The molecule has 18 heavy (non-hydrogen) atoms. The maximum atomic E-state index is 11.5. The molecule has 0 aliphatic rings. The Morgan fingerprint density at radius 1 is 1.39 bits per heavy atom. The number of carbonyl (C=O) groups excluding carboxylic acids is 1. The normalized spacial score (nSPS) is 10.4. The molecule has 0 N–H and O–H groups in total. The lowest BCUT2D eigenvalue weighted by molar-refractivity contribution is 0.101. The predicted octanol–water partition coefficient (Wildman–Crippen LogP) is 2.47. The van der Waals surface area contributed by atoms with Crippen LogP contribution < -0.4 is 4.74 Å². The Balaban J connectivity index is 2.16. The van der Waals surface area contributed by atoms with Gasteiger partial charge < -0.3 is 9.26 Å². The van der Waals surface area contributed by atoms with Crippen LogP contribution >= 0.6 is 0 Å². The number of carbonyl (C=O) groups is 1. The summed E-state index contributed by atoms with van der Waals surface area (Å²) in [7, 11) is 0. The van der Waals surface area contributed by atoms with Crippen LogP contribution in [0.5, 0.6) is 5.75 Å². The largest absolute Gasteiger partial charge is 0.483 e. The fourth-order valence-corrected chi connectivity index (χ4v) is 1.58. The topological polar surface area (TPSA) is 65.2 Å². The highest BCUT2D eigenvalue weighted by atomic mass is 16.5. The first kappa shape index (κ1) is 12.3. The maximum absolute atomic E-state index is 11.5. The molecular formula is C13H14N2O3. The Bertz CT molecular complexity index is 575. The van der Waals surface area contributed by atoms with Crippen LogP contribution in [-0.2, 0) is 6.61 Å². The zero-order valence-electron chi connectivity index (χ0n) is 10.6. The maximum Gasteiger partial charge on any atom is 0.264 e. The molecule has 0 saturated heterocycles. The first-order valence-electron chi connectivity index (χ1n) is 5.60. The van der Waals surface area contributed by atoms with Crippen LogP contribution in [0.15, 0.2) is 22.7 Å². The van der Waals surface area contributed by atoms with Crippen LogP contribution in [0.2, 0.25) is 0 Å². The second-order valence-corrected chi connectivity index (χ2v) is 4.08. The first-order chi connectivity index (χ1) is 8.56. The molecule has 0 aliphatic carbocycles. The van der Waals surface area contributed by atoms with Crippen molar-refractivity contribution in [2.45, 2.75) is 27.4 Å². The van der Waals surface area contributed by atoms with Gasteiger partial charge in [-0.15, -0.1) is 0 Å². The van der Waals surface area contributed by atoms with Gasteiger partial charge in [-0.05, 0) is 32.9 Å².